The van der Waals surface area contributed by atoms with E-state index in [2.05, 4.69) is 4.98 Å². The Morgan fingerprint density at radius 3 is 2.62 bits per heavy atom. The van der Waals surface area contributed by atoms with Crippen LogP contribution in [0, 0.1) is 0 Å². The predicted octanol–water partition coefficient (Wildman–Crippen LogP) is 3.59. The molecule has 1 aliphatic rings. The summed E-state index contributed by atoms with van der Waals surface area (Å²) in [7, 11) is -3.35. The molecule has 1 fully saturated rings. The Bertz CT molecular complexity index is 894. The van der Waals surface area contributed by atoms with Crippen molar-refractivity contribution in [2.75, 3.05) is 13.1 Å². The molecule has 4 rings (SSSR count). The van der Waals surface area contributed by atoms with Crippen molar-refractivity contribution in [2.45, 2.75) is 23.2 Å². The quantitative estimate of drug-likeness (QED) is 0.694. The zero-order valence-corrected chi connectivity index (χ0v) is 15.2. The van der Waals surface area contributed by atoms with E-state index in [0.717, 1.165) is 10.2 Å². The second-order valence-corrected chi connectivity index (χ2v) is 9.71. The van der Waals surface area contributed by atoms with Gasteiger partial charge in [0.15, 0.2) is 0 Å². The minimum absolute atomic E-state index is 0.0142. The molecule has 1 aliphatic heterocycles. The number of benzene rings is 1. The molecule has 1 saturated heterocycles. The van der Waals surface area contributed by atoms with Crippen molar-refractivity contribution in [3.63, 3.8) is 0 Å². The monoisotopic (exact) mass is 380 g/mol. The lowest BCUT2D eigenvalue weighted by atomic mass is 10.1. The Morgan fingerprint density at radius 1 is 1.12 bits per heavy atom. The van der Waals surface area contributed by atoms with Crippen LogP contribution in [0.15, 0.2) is 46.0 Å². The van der Waals surface area contributed by atoms with Crippen molar-refractivity contribution >= 4 is 42.9 Å². The van der Waals surface area contributed by atoms with E-state index >= 15 is 0 Å². The first kappa shape index (κ1) is 16.0. The Morgan fingerprint density at radius 2 is 1.92 bits per heavy atom. The van der Waals surface area contributed by atoms with Crippen LogP contribution in [0.3, 0.4) is 0 Å². The van der Waals surface area contributed by atoms with E-state index < -0.39 is 10.0 Å². The maximum absolute atomic E-state index is 12.5. The lowest BCUT2D eigenvalue weighted by Gasteiger charge is -2.30. The van der Waals surface area contributed by atoms with Crippen LogP contribution in [0.5, 0.6) is 5.19 Å². The van der Waals surface area contributed by atoms with Gasteiger partial charge >= 0.3 is 0 Å². The van der Waals surface area contributed by atoms with E-state index in [9.17, 15) is 8.42 Å². The minimum atomic E-state index is -3.35. The Balaban J connectivity index is 1.41. The standard InChI is InChI=1S/C16H16N2O3S3/c19-24(20,15-6-3-11-22-15)18-9-7-12(8-10-18)21-16-17-13-4-1-2-5-14(13)23-16/h1-6,11-12H,7-10H2. The van der Waals surface area contributed by atoms with Crippen LogP contribution in [0.1, 0.15) is 12.8 Å². The number of para-hydroxylation sites is 1. The van der Waals surface area contributed by atoms with Gasteiger partial charge in [-0.2, -0.15) is 4.31 Å². The highest BCUT2D eigenvalue weighted by molar-refractivity contribution is 7.91. The number of hydrogen-bond donors (Lipinski definition) is 0. The molecule has 0 atom stereocenters. The molecule has 126 valence electrons. The number of ether oxygens (including phenoxy) is 1. The summed E-state index contributed by atoms with van der Waals surface area (Å²) in [6, 6.07) is 11.4. The third-order valence-corrected chi connectivity index (χ3v) is 8.23. The van der Waals surface area contributed by atoms with Gasteiger partial charge in [-0.15, -0.1) is 11.3 Å². The van der Waals surface area contributed by atoms with Gasteiger partial charge < -0.3 is 4.74 Å². The minimum Gasteiger partial charge on any atom is -0.467 e. The number of thiazole rings is 1. The molecule has 0 amide bonds. The van der Waals surface area contributed by atoms with Crippen LogP contribution in [-0.2, 0) is 10.0 Å². The molecule has 0 bridgehead atoms. The lowest BCUT2D eigenvalue weighted by molar-refractivity contribution is 0.135. The van der Waals surface area contributed by atoms with Crippen molar-refractivity contribution in [3.8, 4) is 5.19 Å². The summed E-state index contributed by atoms with van der Waals surface area (Å²) in [4.78, 5) is 4.48. The predicted molar refractivity (Wildman–Crippen MR) is 96.3 cm³/mol. The van der Waals surface area contributed by atoms with E-state index in [1.54, 1.807) is 21.8 Å². The van der Waals surface area contributed by atoms with Gasteiger partial charge in [0.05, 0.1) is 10.2 Å². The number of nitrogens with zero attached hydrogens (tertiary/aromatic N) is 2. The molecule has 1 aromatic carbocycles. The first-order chi connectivity index (χ1) is 11.6. The van der Waals surface area contributed by atoms with Gasteiger partial charge in [0.1, 0.15) is 10.3 Å². The van der Waals surface area contributed by atoms with Gasteiger partial charge in [0.25, 0.3) is 15.2 Å². The molecular formula is C16H16N2O3S3. The highest BCUT2D eigenvalue weighted by Crippen LogP contribution is 2.30. The van der Waals surface area contributed by atoms with Crippen molar-refractivity contribution in [1.29, 1.82) is 0 Å². The van der Waals surface area contributed by atoms with Crippen LogP contribution >= 0.6 is 22.7 Å². The number of sulfonamides is 1. The van der Waals surface area contributed by atoms with Crippen LogP contribution in [0.4, 0.5) is 0 Å². The number of piperidine rings is 1. The van der Waals surface area contributed by atoms with Crippen molar-refractivity contribution in [3.05, 3.63) is 41.8 Å². The molecule has 24 heavy (non-hydrogen) atoms. The molecule has 0 unspecified atom stereocenters. The summed E-state index contributed by atoms with van der Waals surface area (Å²) < 4.78 is 34.1. The summed E-state index contributed by atoms with van der Waals surface area (Å²) in [5, 5.41) is 2.45. The SMILES string of the molecule is O=S(=O)(c1cccs1)N1CCC(Oc2nc3ccccc3s2)CC1. The lowest BCUT2D eigenvalue weighted by Crippen LogP contribution is -2.41. The van der Waals surface area contributed by atoms with E-state index in [1.165, 1.54) is 22.7 Å². The molecule has 0 spiro atoms. The number of thiophene rings is 1. The molecule has 5 nitrogen and oxygen atoms in total. The highest BCUT2D eigenvalue weighted by Gasteiger charge is 2.31. The smallest absolute Gasteiger partial charge is 0.274 e. The van der Waals surface area contributed by atoms with Gasteiger partial charge in [-0.1, -0.05) is 29.5 Å². The number of rotatable bonds is 4. The summed E-state index contributed by atoms with van der Waals surface area (Å²) in [5.41, 5.74) is 0.940. The molecule has 0 radical (unpaired) electrons. The first-order valence-corrected chi connectivity index (χ1v) is 10.8. The summed E-state index contributed by atoms with van der Waals surface area (Å²) in [5.74, 6) is 0. The zero-order valence-electron chi connectivity index (χ0n) is 12.8. The van der Waals surface area contributed by atoms with Crippen molar-refractivity contribution < 1.29 is 13.2 Å². The maximum atomic E-state index is 12.5. The van der Waals surface area contributed by atoms with Crippen LogP contribution in [-0.4, -0.2) is 36.9 Å². The number of fused-ring (bicyclic) bond motifs is 1. The highest BCUT2D eigenvalue weighted by atomic mass is 32.2. The van der Waals surface area contributed by atoms with Crippen LogP contribution < -0.4 is 4.74 Å². The third-order valence-electron chi connectivity index (χ3n) is 4.03. The number of hydrogen-bond acceptors (Lipinski definition) is 6. The topological polar surface area (TPSA) is 59.5 Å². The van der Waals surface area contributed by atoms with Crippen molar-refractivity contribution in [1.82, 2.24) is 9.29 Å². The molecule has 3 aromatic rings. The molecule has 8 heteroatoms. The zero-order chi connectivity index (χ0) is 16.6. The fraction of sp³-hybridized carbons (Fsp3) is 0.312. The maximum Gasteiger partial charge on any atom is 0.274 e. The van der Waals surface area contributed by atoms with E-state index in [0.29, 0.717) is 35.3 Å². The average Bonchev–Trinajstić information content (AvgIpc) is 3.25. The van der Waals surface area contributed by atoms with Gasteiger partial charge in [-0.25, -0.2) is 13.4 Å². The molecule has 0 saturated carbocycles. The summed E-state index contributed by atoms with van der Waals surface area (Å²) >= 11 is 2.79. The van der Waals surface area contributed by atoms with Crippen LogP contribution in [0.2, 0.25) is 0 Å². The molecule has 0 N–H and O–H groups in total. The van der Waals surface area contributed by atoms with Gasteiger partial charge in [-0.05, 0) is 36.4 Å². The molecule has 0 aliphatic carbocycles. The molecule has 3 heterocycles. The van der Waals surface area contributed by atoms with Gasteiger partial charge in [-0.3, -0.25) is 0 Å². The van der Waals surface area contributed by atoms with Gasteiger partial charge in [0, 0.05) is 13.1 Å². The fourth-order valence-electron chi connectivity index (χ4n) is 2.77. The normalized spacial score (nSPS) is 17.3. The third kappa shape index (κ3) is 3.06. The summed E-state index contributed by atoms with van der Waals surface area (Å²) in [6.45, 7) is 0.964. The Kier molecular flexibility index (Phi) is 4.29. The second kappa shape index (κ2) is 6.44. The summed E-state index contributed by atoms with van der Waals surface area (Å²) in [6.07, 6.45) is 1.38. The van der Waals surface area contributed by atoms with Crippen LogP contribution in [0.25, 0.3) is 10.2 Å². The van der Waals surface area contributed by atoms with E-state index in [-0.39, 0.29) is 6.10 Å². The Hall–Kier alpha value is -1.48. The second-order valence-electron chi connectivity index (χ2n) is 5.60. The van der Waals surface area contributed by atoms with E-state index in [4.69, 9.17) is 4.74 Å². The van der Waals surface area contributed by atoms with Gasteiger partial charge in [0.2, 0.25) is 0 Å². The molecule has 2 aromatic heterocycles. The largest absolute Gasteiger partial charge is 0.467 e. The first-order valence-electron chi connectivity index (χ1n) is 7.69. The van der Waals surface area contributed by atoms with Crippen molar-refractivity contribution in [2.24, 2.45) is 0 Å². The average molecular weight is 381 g/mol. The number of aromatic nitrogens is 1. The molecular weight excluding hydrogens is 364 g/mol. The fourth-order valence-corrected chi connectivity index (χ4v) is 6.27. The van der Waals surface area contributed by atoms with E-state index in [1.807, 2.05) is 24.3 Å². The Labute approximate surface area is 148 Å².